The number of hydrogen-bond acceptors (Lipinski definition) is 6. The number of piperidine rings is 1. The van der Waals surface area contributed by atoms with E-state index in [1.165, 1.54) is 10.6 Å². The van der Waals surface area contributed by atoms with E-state index in [1.54, 1.807) is 4.90 Å². The Morgan fingerprint density at radius 2 is 1.88 bits per heavy atom. The Bertz CT molecular complexity index is 976. The van der Waals surface area contributed by atoms with Crippen molar-refractivity contribution in [2.24, 2.45) is 11.1 Å². The monoisotopic (exact) mass is 479 g/mol. The van der Waals surface area contributed by atoms with Crippen LogP contribution in [0, 0.1) is 5.92 Å². The highest BCUT2D eigenvalue weighted by atomic mass is 32.2. The van der Waals surface area contributed by atoms with Gasteiger partial charge < -0.3 is 14.8 Å². The largest absolute Gasteiger partial charge is 0.444 e. The SMILES string of the molecule is CC(C)(C)OC(=O)N1CCC(CCC/C(=N\O)c2ccc3c(c2)CCN(S(C)(=O)=O)C3)CC1. The Balaban J connectivity index is 1.48. The van der Waals surface area contributed by atoms with Crippen LogP contribution in [0.4, 0.5) is 4.79 Å². The van der Waals surface area contributed by atoms with Gasteiger partial charge >= 0.3 is 6.09 Å². The lowest BCUT2D eigenvalue weighted by molar-refractivity contribution is 0.0181. The number of amides is 1. The summed E-state index contributed by atoms with van der Waals surface area (Å²) in [4.78, 5) is 14.0. The maximum absolute atomic E-state index is 12.2. The van der Waals surface area contributed by atoms with Gasteiger partial charge in [0.15, 0.2) is 0 Å². The van der Waals surface area contributed by atoms with Crippen molar-refractivity contribution in [2.45, 2.75) is 71.4 Å². The first-order valence-corrected chi connectivity index (χ1v) is 13.6. The van der Waals surface area contributed by atoms with Crippen molar-refractivity contribution in [3.63, 3.8) is 0 Å². The van der Waals surface area contributed by atoms with E-state index in [0.717, 1.165) is 55.5 Å². The maximum Gasteiger partial charge on any atom is 0.410 e. The summed E-state index contributed by atoms with van der Waals surface area (Å²) in [6.07, 6.45) is 6.20. The van der Waals surface area contributed by atoms with Gasteiger partial charge in [0.05, 0.1) is 12.0 Å². The van der Waals surface area contributed by atoms with Crippen LogP contribution in [-0.4, -0.2) is 66.1 Å². The molecule has 2 heterocycles. The topological polar surface area (TPSA) is 99.5 Å². The molecule has 33 heavy (non-hydrogen) atoms. The van der Waals surface area contributed by atoms with E-state index in [1.807, 2.05) is 39.0 Å². The normalized spacial score (nSPS) is 18.8. The van der Waals surface area contributed by atoms with Gasteiger partial charge in [-0.3, -0.25) is 0 Å². The fraction of sp³-hybridized carbons (Fsp3) is 0.667. The second-order valence-electron chi connectivity index (χ2n) is 10.2. The molecule has 1 saturated heterocycles. The number of nitrogens with zero attached hydrogens (tertiary/aromatic N) is 3. The molecule has 0 saturated carbocycles. The average Bonchev–Trinajstić information content (AvgIpc) is 2.74. The molecule has 2 aliphatic heterocycles. The van der Waals surface area contributed by atoms with Gasteiger partial charge in [-0.2, -0.15) is 4.31 Å². The molecule has 0 aliphatic carbocycles. The highest BCUT2D eigenvalue weighted by Gasteiger charge is 2.27. The van der Waals surface area contributed by atoms with Crippen molar-refractivity contribution >= 4 is 21.8 Å². The molecule has 1 aromatic carbocycles. The van der Waals surface area contributed by atoms with E-state index in [0.29, 0.717) is 37.6 Å². The highest BCUT2D eigenvalue weighted by Crippen LogP contribution is 2.26. The Morgan fingerprint density at radius 3 is 2.48 bits per heavy atom. The van der Waals surface area contributed by atoms with Gasteiger partial charge in [-0.05, 0) is 88.0 Å². The Labute approximate surface area is 197 Å². The van der Waals surface area contributed by atoms with Crippen LogP contribution in [0.5, 0.6) is 0 Å². The lowest BCUT2D eigenvalue weighted by atomic mass is 9.90. The summed E-state index contributed by atoms with van der Waals surface area (Å²) in [6.45, 7) is 7.94. The molecular formula is C24H37N3O5S. The van der Waals surface area contributed by atoms with Crippen LogP contribution in [-0.2, 0) is 27.7 Å². The first-order chi connectivity index (χ1) is 15.5. The molecule has 0 bridgehead atoms. The molecule has 184 valence electrons. The fourth-order valence-electron chi connectivity index (χ4n) is 4.53. The van der Waals surface area contributed by atoms with Crippen LogP contribution < -0.4 is 0 Å². The molecule has 2 aliphatic rings. The van der Waals surface area contributed by atoms with Crippen molar-refractivity contribution in [3.8, 4) is 0 Å². The van der Waals surface area contributed by atoms with Crippen molar-refractivity contribution in [2.75, 3.05) is 25.9 Å². The number of rotatable bonds is 6. The minimum absolute atomic E-state index is 0.234. The maximum atomic E-state index is 12.2. The molecule has 3 rings (SSSR count). The zero-order valence-corrected chi connectivity index (χ0v) is 21.0. The smallest absolute Gasteiger partial charge is 0.410 e. The van der Waals surface area contributed by atoms with Gasteiger partial charge in [0.25, 0.3) is 0 Å². The summed E-state index contributed by atoms with van der Waals surface area (Å²) in [7, 11) is -3.20. The molecule has 0 aromatic heterocycles. The zero-order chi connectivity index (χ0) is 24.2. The third-order valence-corrected chi connectivity index (χ3v) is 7.65. The minimum Gasteiger partial charge on any atom is -0.444 e. The number of benzene rings is 1. The van der Waals surface area contributed by atoms with Gasteiger partial charge in [0.2, 0.25) is 10.0 Å². The van der Waals surface area contributed by atoms with Crippen molar-refractivity contribution in [1.82, 2.24) is 9.21 Å². The number of likely N-dealkylation sites (tertiary alicyclic amines) is 1. The van der Waals surface area contributed by atoms with Gasteiger partial charge in [-0.1, -0.05) is 17.3 Å². The highest BCUT2D eigenvalue weighted by molar-refractivity contribution is 7.88. The second kappa shape index (κ2) is 10.4. The third-order valence-electron chi connectivity index (χ3n) is 6.40. The lowest BCUT2D eigenvalue weighted by Gasteiger charge is -2.33. The number of ether oxygens (including phenoxy) is 1. The third kappa shape index (κ3) is 7.17. The quantitative estimate of drug-likeness (QED) is 0.378. The summed E-state index contributed by atoms with van der Waals surface area (Å²) in [5, 5.41) is 13.2. The molecule has 1 amide bonds. The molecule has 0 radical (unpaired) electrons. The standard InChI is InChI=1S/C24H37N3O5S/c1-24(2,3)32-23(28)26-13-10-18(11-14-26)6-5-7-22(25-29)20-8-9-21-17-27(33(4,30)31)15-12-19(21)16-20/h8-9,16,18,29H,5-7,10-15,17H2,1-4H3/b25-22+. The van der Waals surface area contributed by atoms with Crippen LogP contribution in [0.2, 0.25) is 0 Å². The lowest BCUT2D eigenvalue weighted by Crippen LogP contribution is -2.41. The van der Waals surface area contributed by atoms with Gasteiger partial charge in [0, 0.05) is 26.2 Å². The van der Waals surface area contributed by atoms with Gasteiger partial charge in [0.1, 0.15) is 5.60 Å². The molecule has 1 fully saturated rings. The number of sulfonamides is 1. The van der Waals surface area contributed by atoms with E-state index in [-0.39, 0.29) is 6.09 Å². The molecule has 9 heteroatoms. The molecular weight excluding hydrogens is 442 g/mol. The predicted octanol–water partition coefficient (Wildman–Crippen LogP) is 4.00. The van der Waals surface area contributed by atoms with Crippen LogP contribution in [0.15, 0.2) is 23.4 Å². The molecule has 0 unspecified atom stereocenters. The Kier molecular flexibility index (Phi) is 8.05. The fourth-order valence-corrected chi connectivity index (χ4v) is 5.33. The van der Waals surface area contributed by atoms with Gasteiger partial charge in [-0.15, -0.1) is 0 Å². The number of hydrogen-bond donors (Lipinski definition) is 1. The molecule has 0 spiro atoms. The molecule has 8 nitrogen and oxygen atoms in total. The number of carbonyl (C=O) groups is 1. The summed E-state index contributed by atoms with van der Waals surface area (Å²) < 4.78 is 30.6. The first kappa shape index (κ1) is 25.5. The van der Waals surface area contributed by atoms with E-state index < -0.39 is 15.6 Å². The van der Waals surface area contributed by atoms with Crippen LogP contribution in [0.25, 0.3) is 0 Å². The number of fused-ring (bicyclic) bond motifs is 1. The zero-order valence-electron chi connectivity index (χ0n) is 20.2. The first-order valence-electron chi connectivity index (χ1n) is 11.7. The summed E-state index contributed by atoms with van der Waals surface area (Å²) in [5.74, 6) is 0.550. The van der Waals surface area contributed by atoms with Crippen LogP contribution in [0.1, 0.15) is 69.6 Å². The van der Waals surface area contributed by atoms with Gasteiger partial charge in [-0.25, -0.2) is 13.2 Å². The van der Waals surface area contributed by atoms with E-state index in [4.69, 9.17) is 4.74 Å². The second-order valence-corrected chi connectivity index (χ2v) is 12.2. The van der Waals surface area contributed by atoms with E-state index in [9.17, 15) is 18.4 Å². The minimum atomic E-state index is -3.20. The summed E-state index contributed by atoms with van der Waals surface area (Å²) >= 11 is 0. The Morgan fingerprint density at radius 1 is 1.18 bits per heavy atom. The summed E-state index contributed by atoms with van der Waals surface area (Å²) in [6, 6.07) is 5.89. The van der Waals surface area contributed by atoms with Crippen molar-refractivity contribution in [3.05, 3.63) is 34.9 Å². The van der Waals surface area contributed by atoms with Crippen molar-refractivity contribution in [1.29, 1.82) is 0 Å². The molecule has 1 N–H and O–H groups in total. The average molecular weight is 480 g/mol. The summed E-state index contributed by atoms with van der Waals surface area (Å²) in [5.41, 5.74) is 3.20. The van der Waals surface area contributed by atoms with E-state index in [2.05, 4.69) is 5.16 Å². The number of oxime groups is 1. The van der Waals surface area contributed by atoms with Crippen LogP contribution >= 0.6 is 0 Å². The predicted molar refractivity (Wildman–Crippen MR) is 128 cm³/mol. The van der Waals surface area contributed by atoms with Crippen LogP contribution in [0.3, 0.4) is 0 Å². The van der Waals surface area contributed by atoms with E-state index >= 15 is 0 Å². The molecule has 0 atom stereocenters. The Hall–Kier alpha value is -2.13. The number of carbonyl (C=O) groups excluding carboxylic acids is 1. The van der Waals surface area contributed by atoms with Crippen molar-refractivity contribution < 1.29 is 23.2 Å². The molecule has 1 aromatic rings.